The second-order valence-corrected chi connectivity index (χ2v) is 4.85. The van der Waals surface area contributed by atoms with Crippen molar-refractivity contribution in [2.24, 2.45) is 5.92 Å². The smallest absolute Gasteiger partial charge is 0.123 e. The Kier molecular flexibility index (Phi) is 3.94. The van der Waals surface area contributed by atoms with Gasteiger partial charge in [0.2, 0.25) is 0 Å². The molecule has 0 radical (unpaired) electrons. The average molecular weight is 221 g/mol. The van der Waals surface area contributed by atoms with Gasteiger partial charge in [0, 0.05) is 6.54 Å². The molecule has 1 aliphatic carbocycles. The summed E-state index contributed by atoms with van der Waals surface area (Å²) < 4.78 is 12.9. The normalized spacial score (nSPS) is 16.9. The third-order valence-electron chi connectivity index (χ3n) is 3.53. The maximum atomic E-state index is 12.9. The van der Waals surface area contributed by atoms with Crippen molar-refractivity contribution in [1.29, 1.82) is 0 Å². The van der Waals surface area contributed by atoms with Crippen molar-refractivity contribution in [2.75, 3.05) is 6.54 Å². The van der Waals surface area contributed by atoms with Gasteiger partial charge in [0.05, 0.1) is 0 Å². The molecule has 1 fully saturated rings. The molecule has 0 spiro atoms. The van der Waals surface area contributed by atoms with Gasteiger partial charge in [-0.05, 0) is 55.5 Å². The lowest BCUT2D eigenvalue weighted by atomic mass is 10.1. The van der Waals surface area contributed by atoms with Gasteiger partial charge in [-0.3, -0.25) is 0 Å². The van der Waals surface area contributed by atoms with E-state index in [-0.39, 0.29) is 5.82 Å². The molecule has 1 N–H and O–H groups in total. The van der Waals surface area contributed by atoms with Crippen LogP contribution in [0.3, 0.4) is 0 Å². The second-order valence-electron chi connectivity index (χ2n) is 4.85. The van der Waals surface area contributed by atoms with Crippen LogP contribution in [0.2, 0.25) is 0 Å². The molecule has 0 bridgehead atoms. The van der Waals surface area contributed by atoms with Gasteiger partial charge < -0.3 is 5.32 Å². The van der Waals surface area contributed by atoms with Crippen molar-refractivity contribution in [2.45, 2.75) is 39.2 Å². The first-order valence-electron chi connectivity index (χ1n) is 6.21. The second kappa shape index (κ2) is 5.44. The van der Waals surface area contributed by atoms with E-state index in [0.29, 0.717) is 0 Å². The first kappa shape index (κ1) is 11.6. The Labute approximate surface area is 97.1 Å². The predicted octanol–water partition coefficient (Wildman–Crippen LogP) is 3.41. The van der Waals surface area contributed by atoms with Gasteiger partial charge in [-0.15, -0.1) is 0 Å². The fourth-order valence-electron chi connectivity index (χ4n) is 2.48. The van der Waals surface area contributed by atoms with Gasteiger partial charge in [0.1, 0.15) is 5.82 Å². The van der Waals surface area contributed by atoms with Gasteiger partial charge in [-0.2, -0.15) is 0 Å². The van der Waals surface area contributed by atoms with Crippen LogP contribution in [0.5, 0.6) is 0 Å². The molecule has 1 nitrogen and oxygen atoms in total. The molecule has 16 heavy (non-hydrogen) atoms. The van der Waals surface area contributed by atoms with Gasteiger partial charge in [0.15, 0.2) is 0 Å². The van der Waals surface area contributed by atoms with Crippen LogP contribution in [-0.2, 0) is 6.54 Å². The van der Waals surface area contributed by atoms with Gasteiger partial charge in [0.25, 0.3) is 0 Å². The zero-order valence-electron chi connectivity index (χ0n) is 9.93. The first-order valence-corrected chi connectivity index (χ1v) is 6.21. The van der Waals surface area contributed by atoms with E-state index in [0.717, 1.165) is 24.6 Å². The zero-order chi connectivity index (χ0) is 11.4. The largest absolute Gasteiger partial charge is 0.312 e. The molecule has 0 heterocycles. The molecule has 1 aromatic carbocycles. The Bertz CT molecular complexity index is 343. The summed E-state index contributed by atoms with van der Waals surface area (Å²) in [7, 11) is 0. The van der Waals surface area contributed by atoms with Crippen LogP contribution in [-0.4, -0.2) is 6.54 Å². The van der Waals surface area contributed by atoms with E-state index < -0.39 is 0 Å². The minimum absolute atomic E-state index is 0.142. The number of halogens is 1. The van der Waals surface area contributed by atoms with Crippen molar-refractivity contribution in [3.8, 4) is 0 Å². The summed E-state index contributed by atoms with van der Waals surface area (Å²) >= 11 is 0. The van der Waals surface area contributed by atoms with E-state index in [1.165, 1.54) is 31.2 Å². The number of rotatable bonds is 4. The fourth-order valence-corrected chi connectivity index (χ4v) is 2.48. The molecule has 1 aliphatic rings. The monoisotopic (exact) mass is 221 g/mol. The van der Waals surface area contributed by atoms with Crippen molar-refractivity contribution in [3.63, 3.8) is 0 Å². The standard InChI is InChI=1S/C14H20FN/c1-11-8-14(15)7-6-13(11)10-16-9-12-4-2-3-5-12/h6-8,12,16H,2-5,9-10H2,1H3. The highest BCUT2D eigenvalue weighted by atomic mass is 19.1. The summed E-state index contributed by atoms with van der Waals surface area (Å²) in [5.74, 6) is 0.720. The number of aryl methyl sites for hydroxylation is 1. The van der Waals surface area contributed by atoms with Crippen LogP contribution in [0.15, 0.2) is 18.2 Å². The maximum Gasteiger partial charge on any atom is 0.123 e. The van der Waals surface area contributed by atoms with Crippen LogP contribution in [0, 0.1) is 18.7 Å². The molecule has 2 rings (SSSR count). The van der Waals surface area contributed by atoms with E-state index >= 15 is 0 Å². The molecule has 1 saturated carbocycles. The summed E-state index contributed by atoms with van der Waals surface area (Å²) in [5.41, 5.74) is 2.25. The third kappa shape index (κ3) is 3.05. The van der Waals surface area contributed by atoms with E-state index in [1.807, 2.05) is 13.0 Å². The molecular formula is C14H20FN. The maximum absolute atomic E-state index is 12.9. The van der Waals surface area contributed by atoms with E-state index in [9.17, 15) is 4.39 Å². The van der Waals surface area contributed by atoms with Crippen molar-refractivity contribution < 1.29 is 4.39 Å². The quantitative estimate of drug-likeness (QED) is 0.821. The fraction of sp³-hybridized carbons (Fsp3) is 0.571. The Hall–Kier alpha value is -0.890. The molecule has 0 unspecified atom stereocenters. The molecule has 0 saturated heterocycles. The summed E-state index contributed by atoms with van der Waals surface area (Å²) in [6.07, 6.45) is 5.52. The molecule has 0 atom stereocenters. The Morgan fingerprint density at radius 3 is 2.75 bits per heavy atom. The predicted molar refractivity (Wildman–Crippen MR) is 64.8 cm³/mol. The lowest BCUT2D eigenvalue weighted by molar-refractivity contribution is 0.488. The summed E-state index contributed by atoms with van der Waals surface area (Å²) in [4.78, 5) is 0. The van der Waals surface area contributed by atoms with Gasteiger partial charge >= 0.3 is 0 Å². The number of hydrogen-bond acceptors (Lipinski definition) is 1. The van der Waals surface area contributed by atoms with E-state index in [4.69, 9.17) is 0 Å². The molecule has 0 aliphatic heterocycles. The number of nitrogens with one attached hydrogen (secondary N) is 1. The summed E-state index contributed by atoms with van der Waals surface area (Å²) in [6, 6.07) is 5.03. The number of benzene rings is 1. The molecule has 0 amide bonds. The average Bonchev–Trinajstić information content (AvgIpc) is 2.74. The summed E-state index contributed by atoms with van der Waals surface area (Å²) in [6.45, 7) is 3.94. The van der Waals surface area contributed by atoms with Crippen LogP contribution >= 0.6 is 0 Å². The molecular weight excluding hydrogens is 201 g/mol. The lowest BCUT2D eigenvalue weighted by Crippen LogP contribution is -2.21. The lowest BCUT2D eigenvalue weighted by Gasteiger charge is -2.11. The van der Waals surface area contributed by atoms with Crippen LogP contribution in [0.1, 0.15) is 36.8 Å². The molecule has 2 heteroatoms. The first-order chi connectivity index (χ1) is 7.75. The zero-order valence-corrected chi connectivity index (χ0v) is 9.93. The van der Waals surface area contributed by atoms with E-state index in [1.54, 1.807) is 12.1 Å². The minimum atomic E-state index is -0.142. The Morgan fingerprint density at radius 1 is 1.31 bits per heavy atom. The molecule has 1 aromatic rings. The molecule has 0 aromatic heterocycles. The van der Waals surface area contributed by atoms with Crippen molar-refractivity contribution in [1.82, 2.24) is 5.32 Å². The van der Waals surface area contributed by atoms with Gasteiger partial charge in [-0.1, -0.05) is 18.9 Å². The van der Waals surface area contributed by atoms with Gasteiger partial charge in [-0.25, -0.2) is 4.39 Å². The van der Waals surface area contributed by atoms with Crippen LogP contribution < -0.4 is 5.32 Å². The Morgan fingerprint density at radius 2 is 2.06 bits per heavy atom. The number of hydrogen-bond donors (Lipinski definition) is 1. The Balaban J connectivity index is 1.80. The highest BCUT2D eigenvalue weighted by Crippen LogP contribution is 2.23. The van der Waals surface area contributed by atoms with Crippen molar-refractivity contribution >= 4 is 0 Å². The third-order valence-corrected chi connectivity index (χ3v) is 3.53. The highest BCUT2D eigenvalue weighted by molar-refractivity contribution is 5.26. The van der Waals surface area contributed by atoms with Crippen LogP contribution in [0.25, 0.3) is 0 Å². The molecule has 88 valence electrons. The highest BCUT2D eigenvalue weighted by Gasteiger charge is 2.14. The minimum Gasteiger partial charge on any atom is -0.312 e. The SMILES string of the molecule is Cc1cc(F)ccc1CNCC1CCCC1. The summed E-state index contributed by atoms with van der Waals surface area (Å²) in [5, 5.41) is 3.48. The topological polar surface area (TPSA) is 12.0 Å². The van der Waals surface area contributed by atoms with E-state index in [2.05, 4.69) is 5.32 Å². The van der Waals surface area contributed by atoms with Crippen LogP contribution in [0.4, 0.5) is 4.39 Å². The van der Waals surface area contributed by atoms with Crippen molar-refractivity contribution in [3.05, 3.63) is 35.1 Å².